The van der Waals surface area contributed by atoms with Gasteiger partial charge < -0.3 is 24.2 Å². The molecule has 1 saturated heterocycles. The fourth-order valence-corrected chi connectivity index (χ4v) is 5.41. The first-order chi connectivity index (χ1) is 19.2. The number of aliphatic hydroxyl groups is 1. The summed E-state index contributed by atoms with van der Waals surface area (Å²) in [5.41, 5.74) is -1.61. The number of hydrogen-bond acceptors (Lipinski definition) is 6. The van der Waals surface area contributed by atoms with Gasteiger partial charge in [0.05, 0.1) is 36.3 Å². The van der Waals surface area contributed by atoms with E-state index in [9.17, 15) is 23.1 Å². The Hall–Kier alpha value is -3.35. The molecule has 2 aliphatic heterocycles. The van der Waals surface area contributed by atoms with Crippen molar-refractivity contribution in [1.29, 1.82) is 0 Å². The number of fused-ring (bicyclic) bond motifs is 1. The third-order valence-electron chi connectivity index (χ3n) is 7.87. The summed E-state index contributed by atoms with van der Waals surface area (Å²) in [6, 6.07) is 9.29. The van der Waals surface area contributed by atoms with Crippen molar-refractivity contribution >= 4 is 11.6 Å². The molecule has 41 heavy (non-hydrogen) atoms. The highest BCUT2D eigenvalue weighted by atomic mass is 19.4. The average Bonchev–Trinajstić information content (AvgIpc) is 3.44. The Kier molecular flexibility index (Phi) is 7.46. The molecule has 5 rings (SSSR count). The maximum absolute atomic E-state index is 15.8. The molecule has 3 heterocycles. The molecule has 0 radical (unpaired) electrons. The van der Waals surface area contributed by atoms with Crippen LogP contribution in [0, 0.1) is 0 Å². The van der Waals surface area contributed by atoms with Crippen LogP contribution in [0.4, 0.5) is 23.2 Å². The lowest BCUT2D eigenvalue weighted by atomic mass is 9.74. The van der Waals surface area contributed by atoms with Crippen LogP contribution in [0.15, 0.2) is 42.7 Å². The summed E-state index contributed by atoms with van der Waals surface area (Å²) in [5.74, 6) is -0.411. The largest absolute Gasteiger partial charge is 0.416 e. The maximum Gasteiger partial charge on any atom is 0.416 e. The zero-order valence-corrected chi connectivity index (χ0v) is 23.4. The molecule has 0 unspecified atom stereocenters. The lowest BCUT2D eigenvalue weighted by Crippen LogP contribution is -2.50. The van der Waals surface area contributed by atoms with Crippen LogP contribution in [0.2, 0.25) is 0 Å². The van der Waals surface area contributed by atoms with E-state index in [1.807, 2.05) is 4.90 Å². The summed E-state index contributed by atoms with van der Waals surface area (Å²) in [6.07, 6.45) is -4.36. The Morgan fingerprint density at radius 1 is 1.20 bits per heavy atom. The van der Waals surface area contributed by atoms with E-state index in [2.05, 4.69) is 10.2 Å². The van der Waals surface area contributed by atoms with Gasteiger partial charge in [-0.05, 0) is 68.3 Å². The van der Waals surface area contributed by atoms with Gasteiger partial charge in [-0.15, -0.1) is 10.2 Å². The molecular formula is C29H33F4N5O3. The average molecular weight is 576 g/mol. The van der Waals surface area contributed by atoms with E-state index in [4.69, 9.17) is 4.74 Å². The third-order valence-corrected chi connectivity index (χ3v) is 7.87. The quantitative estimate of drug-likeness (QED) is 0.377. The minimum absolute atomic E-state index is 0.000240. The van der Waals surface area contributed by atoms with E-state index < -0.39 is 34.8 Å². The summed E-state index contributed by atoms with van der Waals surface area (Å²) in [6.45, 7) is 3.89. The van der Waals surface area contributed by atoms with Crippen molar-refractivity contribution in [3.05, 3.63) is 76.4 Å². The first kappa shape index (κ1) is 29.2. The molecule has 12 heteroatoms. The van der Waals surface area contributed by atoms with Crippen LogP contribution in [-0.2, 0) is 36.5 Å². The predicted molar refractivity (Wildman–Crippen MR) is 143 cm³/mol. The molecule has 2 aliphatic rings. The molecule has 1 aromatic heterocycles. The number of carbonyl (C=O) groups excluding carboxylic acids is 1. The zero-order chi connectivity index (χ0) is 29.7. The molecule has 3 aromatic rings. The molecule has 220 valence electrons. The molecule has 1 amide bonds. The number of nitrogens with zero attached hydrogens (tertiary/aromatic N) is 5. The number of aryl methyl sites for hydroxylation is 1. The Bertz CT molecular complexity index is 1440. The number of rotatable bonds is 9. The van der Waals surface area contributed by atoms with Gasteiger partial charge in [-0.2, -0.15) is 13.2 Å². The second-order valence-corrected chi connectivity index (χ2v) is 11.7. The van der Waals surface area contributed by atoms with Gasteiger partial charge in [0.2, 0.25) is 0 Å². The van der Waals surface area contributed by atoms with Gasteiger partial charge >= 0.3 is 6.18 Å². The molecule has 8 nitrogen and oxygen atoms in total. The van der Waals surface area contributed by atoms with E-state index >= 15 is 4.39 Å². The molecule has 0 aliphatic carbocycles. The van der Waals surface area contributed by atoms with Crippen LogP contribution < -0.4 is 4.90 Å². The van der Waals surface area contributed by atoms with Crippen molar-refractivity contribution in [1.82, 2.24) is 19.7 Å². The smallest absolute Gasteiger partial charge is 0.390 e. The molecule has 1 fully saturated rings. The van der Waals surface area contributed by atoms with E-state index in [1.165, 1.54) is 21.9 Å². The highest BCUT2D eigenvalue weighted by Gasteiger charge is 2.51. The SMILES string of the molecule is CN(CCC(C)(C)O)Cc1cc2c(c(C(F)(F)F)c1)CN(c1cccc(C3([C@@H](F)c4nncn4C)COC3)c1)C2=O. The molecular weight excluding hydrogens is 542 g/mol. The second kappa shape index (κ2) is 10.5. The van der Waals surface area contributed by atoms with Crippen molar-refractivity contribution in [2.24, 2.45) is 7.05 Å². The number of carbonyl (C=O) groups is 1. The van der Waals surface area contributed by atoms with Gasteiger partial charge in [0.25, 0.3) is 5.91 Å². The van der Waals surface area contributed by atoms with Gasteiger partial charge in [0.15, 0.2) is 12.0 Å². The fraction of sp³-hybridized carbons (Fsp3) is 0.483. The van der Waals surface area contributed by atoms with Crippen molar-refractivity contribution in [2.45, 2.75) is 56.7 Å². The van der Waals surface area contributed by atoms with Gasteiger partial charge in [0, 0.05) is 31.4 Å². The van der Waals surface area contributed by atoms with Crippen LogP contribution in [0.25, 0.3) is 0 Å². The lowest BCUT2D eigenvalue weighted by Gasteiger charge is -2.43. The molecule has 2 aromatic carbocycles. The van der Waals surface area contributed by atoms with Crippen molar-refractivity contribution < 1.29 is 32.2 Å². The molecule has 0 saturated carbocycles. The van der Waals surface area contributed by atoms with Gasteiger partial charge in [0.1, 0.15) is 6.33 Å². The van der Waals surface area contributed by atoms with Gasteiger partial charge in [-0.3, -0.25) is 4.79 Å². The van der Waals surface area contributed by atoms with Gasteiger partial charge in [-0.1, -0.05) is 12.1 Å². The Labute approximate surface area is 235 Å². The normalized spacial score (nSPS) is 17.6. The monoisotopic (exact) mass is 575 g/mol. The summed E-state index contributed by atoms with van der Waals surface area (Å²) < 4.78 is 65.4. The summed E-state index contributed by atoms with van der Waals surface area (Å²) in [7, 11) is 3.40. The predicted octanol–water partition coefficient (Wildman–Crippen LogP) is 4.57. The number of anilines is 1. The first-order valence-electron chi connectivity index (χ1n) is 13.3. The van der Waals surface area contributed by atoms with Crippen molar-refractivity contribution in [3.63, 3.8) is 0 Å². The summed E-state index contributed by atoms with van der Waals surface area (Å²) in [5, 5.41) is 17.7. The van der Waals surface area contributed by atoms with E-state index in [0.29, 0.717) is 29.8 Å². The van der Waals surface area contributed by atoms with Crippen LogP contribution in [-0.4, -0.2) is 63.1 Å². The maximum atomic E-state index is 15.8. The Morgan fingerprint density at radius 2 is 1.93 bits per heavy atom. The Morgan fingerprint density at radius 3 is 2.51 bits per heavy atom. The van der Waals surface area contributed by atoms with Crippen LogP contribution in [0.1, 0.15) is 64.9 Å². The number of halogens is 4. The lowest BCUT2D eigenvalue weighted by molar-refractivity contribution is -0.138. The molecule has 1 N–H and O–H groups in total. The molecule has 0 spiro atoms. The summed E-state index contributed by atoms with van der Waals surface area (Å²) in [4.78, 5) is 16.7. The molecule has 1 atom stereocenters. The van der Waals surface area contributed by atoms with Gasteiger partial charge in [-0.25, -0.2) is 4.39 Å². The minimum Gasteiger partial charge on any atom is -0.390 e. The van der Waals surface area contributed by atoms with Crippen molar-refractivity contribution in [3.8, 4) is 0 Å². The fourth-order valence-electron chi connectivity index (χ4n) is 5.41. The number of alkyl halides is 4. The minimum atomic E-state index is -4.66. The second-order valence-electron chi connectivity index (χ2n) is 11.7. The molecule has 0 bridgehead atoms. The van der Waals surface area contributed by atoms with Crippen LogP contribution >= 0.6 is 0 Å². The van der Waals surface area contributed by atoms with Crippen molar-refractivity contribution in [2.75, 3.05) is 31.7 Å². The van der Waals surface area contributed by atoms with Crippen LogP contribution in [0.5, 0.6) is 0 Å². The number of ether oxygens (including phenoxy) is 1. The number of aromatic nitrogens is 3. The van der Waals surface area contributed by atoms with E-state index in [-0.39, 0.29) is 43.3 Å². The highest BCUT2D eigenvalue weighted by molar-refractivity contribution is 6.10. The Balaban J connectivity index is 1.45. The summed E-state index contributed by atoms with van der Waals surface area (Å²) >= 11 is 0. The standard InChI is InChI=1S/C29H33F4N5O3/c1-27(2,40)8-9-36(3)13-18-10-21-22(23(11-18)29(31,32)33)14-38(26(21)39)20-7-5-6-19(12-20)28(15-41-16-28)24(30)25-35-34-17-37(25)4/h5-7,10-12,17,24,40H,8-9,13-16H2,1-4H3/t24-/m0/s1. The topological polar surface area (TPSA) is 83.7 Å². The third kappa shape index (κ3) is 5.60. The first-order valence-corrected chi connectivity index (χ1v) is 13.3. The highest BCUT2D eigenvalue weighted by Crippen LogP contribution is 2.46. The van der Waals surface area contributed by atoms with Crippen LogP contribution in [0.3, 0.4) is 0 Å². The van der Waals surface area contributed by atoms with E-state index in [0.717, 1.165) is 6.07 Å². The number of amides is 1. The number of benzene rings is 2. The number of hydrogen-bond donors (Lipinski definition) is 1. The zero-order valence-electron chi connectivity index (χ0n) is 23.4. The van der Waals surface area contributed by atoms with E-state index in [1.54, 1.807) is 52.2 Å².